The van der Waals surface area contributed by atoms with E-state index in [-0.39, 0.29) is 26.0 Å². The van der Waals surface area contributed by atoms with Crippen LogP contribution < -0.4 is 14.8 Å². The van der Waals surface area contributed by atoms with E-state index in [9.17, 15) is 0 Å². The Morgan fingerprint density at radius 1 is 1.28 bits per heavy atom. The molecule has 1 aliphatic heterocycles. The van der Waals surface area contributed by atoms with Crippen LogP contribution >= 0.6 is 0 Å². The van der Waals surface area contributed by atoms with Gasteiger partial charge in [0.25, 0.3) is 0 Å². The largest absolute Gasteiger partial charge is 0.454 e. The molecule has 100 valence electrons. The van der Waals surface area contributed by atoms with Crippen molar-refractivity contribution < 1.29 is 19.7 Å². The van der Waals surface area contributed by atoms with E-state index in [1.165, 1.54) is 0 Å². The Morgan fingerprint density at radius 3 is 2.67 bits per heavy atom. The fourth-order valence-corrected chi connectivity index (χ4v) is 1.94. The van der Waals surface area contributed by atoms with Gasteiger partial charge in [0.05, 0.1) is 6.61 Å². The summed E-state index contributed by atoms with van der Waals surface area (Å²) in [6.07, 6.45) is 0.542. The highest BCUT2D eigenvalue weighted by molar-refractivity contribution is 5.48. The summed E-state index contributed by atoms with van der Waals surface area (Å²) in [5.41, 5.74) is 2.23. The van der Waals surface area contributed by atoms with Crippen molar-refractivity contribution in [2.75, 3.05) is 20.0 Å². The first-order chi connectivity index (χ1) is 8.74. The number of fused-ring (bicyclic) bond motifs is 1. The van der Waals surface area contributed by atoms with E-state index in [1.807, 2.05) is 19.1 Å². The number of benzene rings is 1. The van der Waals surface area contributed by atoms with Gasteiger partial charge in [-0.3, -0.25) is 0 Å². The molecule has 0 saturated heterocycles. The van der Waals surface area contributed by atoms with Gasteiger partial charge in [-0.25, -0.2) is 0 Å². The topological polar surface area (TPSA) is 71.0 Å². The van der Waals surface area contributed by atoms with Gasteiger partial charge in [-0.05, 0) is 36.6 Å². The zero-order valence-electron chi connectivity index (χ0n) is 10.5. The molecule has 1 heterocycles. The van der Waals surface area contributed by atoms with Gasteiger partial charge in [-0.15, -0.1) is 0 Å². The molecule has 5 heteroatoms. The second-order valence-corrected chi connectivity index (χ2v) is 4.40. The van der Waals surface area contributed by atoms with Gasteiger partial charge in [-0.2, -0.15) is 0 Å². The minimum Gasteiger partial charge on any atom is -0.454 e. The Hall–Kier alpha value is -1.30. The van der Waals surface area contributed by atoms with Crippen LogP contribution in [0, 0.1) is 6.92 Å². The molecule has 0 fully saturated rings. The van der Waals surface area contributed by atoms with Crippen LogP contribution in [0.1, 0.15) is 17.5 Å². The molecule has 1 unspecified atom stereocenters. The lowest BCUT2D eigenvalue weighted by atomic mass is 10.1. The Bertz CT molecular complexity index is 408. The molecule has 1 aliphatic rings. The number of aliphatic hydroxyl groups excluding tert-OH is 2. The van der Waals surface area contributed by atoms with E-state index >= 15 is 0 Å². The fourth-order valence-electron chi connectivity index (χ4n) is 1.94. The number of ether oxygens (including phenoxy) is 2. The number of aryl methyl sites for hydroxylation is 1. The molecule has 0 amide bonds. The van der Waals surface area contributed by atoms with Crippen LogP contribution in [0.2, 0.25) is 0 Å². The fraction of sp³-hybridized carbons (Fsp3) is 0.538. The van der Waals surface area contributed by atoms with E-state index in [4.69, 9.17) is 19.7 Å². The summed E-state index contributed by atoms with van der Waals surface area (Å²) in [6.45, 7) is 3.00. The lowest BCUT2D eigenvalue weighted by Gasteiger charge is -2.16. The van der Waals surface area contributed by atoms with Gasteiger partial charge in [0.2, 0.25) is 6.79 Å². The maximum Gasteiger partial charge on any atom is 0.231 e. The second kappa shape index (κ2) is 6.04. The van der Waals surface area contributed by atoms with Crippen molar-refractivity contribution in [3.8, 4) is 11.5 Å². The molecule has 0 aliphatic carbocycles. The minimum atomic E-state index is -0.0835. The minimum absolute atomic E-state index is 0.0180. The number of hydrogen-bond acceptors (Lipinski definition) is 5. The van der Waals surface area contributed by atoms with E-state index in [0.29, 0.717) is 13.0 Å². The average Bonchev–Trinajstić information content (AvgIpc) is 2.81. The normalized spacial score (nSPS) is 14.8. The van der Waals surface area contributed by atoms with E-state index in [2.05, 4.69) is 5.32 Å². The summed E-state index contributed by atoms with van der Waals surface area (Å²) in [7, 11) is 0. The van der Waals surface area contributed by atoms with Crippen LogP contribution in [-0.4, -0.2) is 36.3 Å². The van der Waals surface area contributed by atoms with E-state index in [1.54, 1.807) is 0 Å². The van der Waals surface area contributed by atoms with Gasteiger partial charge in [0.1, 0.15) is 0 Å². The SMILES string of the molecule is Cc1cc2c(cc1CNC(CO)CCO)OCO2. The number of rotatable bonds is 6. The van der Waals surface area contributed by atoms with Gasteiger partial charge in [0, 0.05) is 19.2 Å². The second-order valence-electron chi connectivity index (χ2n) is 4.40. The molecule has 0 spiro atoms. The number of hydrogen-bond donors (Lipinski definition) is 3. The van der Waals surface area contributed by atoms with Crippen molar-refractivity contribution in [1.82, 2.24) is 5.32 Å². The Morgan fingerprint density at radius 2 is 2.00 bits per heavy atom. The van der Waals surface area contributed by atoms with Crippen LogP contribution in [-0.2, 0) is 6.54 Å². The zero-order valence-corrected chi connectivity index (χ0v) is 10.5. The highest BCUT2D eigenvalue weighted by Crippen LogP contribution is 2.34. The molecular weight excluding hydrogens is 234 g/mol. The van der Waals surface area contributed by atoms with Crippen LogP contribution in [0.3, 0.4) is 0 Å². The third-order valence-corrected chi connectivity index (χ3v) is 3.11. The van der Waals surface area contributed by atoms with Gasteiger partial charge in [0.15, 0.2) is 11.5 Å². The van der Waals surface area contributed by atoms with Gasteiger partial charge >= 0.3 is 0 Å². The first-order valence-electron chi connectivity index (χ1n) is 6.09. The molecular formula is C13H19NO4. The van der Waals surface area contributed by atoms with Crippen molar-refractivity contribution in [2.24, 2.45) is 0 Å². The Labute approximate surface area is 106 Å². The lowest BCUT2D eigenvalue weighted by molar-refractivity contribution is 0.174. The molecule has 3 N–H and O–H groups in total. The van der Waals surface area contributed by atoms with Crippen molar-refractivity contribution >= 4 is 0 Å². The number of nitrogens with one attached hydrogen (secondary N) is 1. The first kappa shape index (κ1) is 13.1. The lowest BCUT2D eigenvalue weighted by Crippen LogP contribution is -2.33. The molecule has 0 radical (unpaired) electrons. The van der Waals surface area contributed by atoms with Crippen molar-refractivity contribution in [3.63, 3.8) is 0 Å². The molecule has 2 rings (SSSR count). The van der Waals surface area contributed by atoms with Crippen LogP contribution in [0.5, 0.6) is 11.5 Å². The number of aliphatic hydroxyl groups is 2. The maximum atomic E-state index is 9.14. The summed E-state index contributed by atoms with van der Waals surface area (Å²) >= 11 is 0. The highest BCUT2D eigenvalue weighted by atomic mass is 16.7. The van der Waals surface area contributed by atoms with E-state index in [0.717, 1.165) is 22.6 Å². The van der Waals surface area contributed by atoms with Crippen LogP contribution in [0.25, 0.3) is 0 Å². The van der Waals surface area contributed by atoms with Crippen molar-refractivity contribution in [1.29, 1.82) is 0 Å². The maximum absolute atomic E-state index is 9.14. The quantitative estimate of drug-likeness (QED) is 0.691. The summed E-state index contributed by atoms with van der Waals surface area (Å²) < 4.78 is 10.6. The molecule has 1 aromatic rings. The van der Waals surface area contributed by atoms with Crippen LogP contribution in [0.4, 0.5) is 0 Å². The monoisotopic (exact) mass is 253 g/mol. The molecule has 0 saturated carbocycles. The van der Waals surface area contributed by atoms with Crippen molar-refractivity contribution in [3.05, 3.63) is 23.3 Å². The molecule has 0 bridgehead atoms. The summed E-state index contributed by atoms with van der Waals surface area (Å²) in [4.78, 5) is 0. The summed E-state index contributed by atoms with van der Waals surface area (Å²) in [5, 5.41) is 21.2. The molecule has 1 aromatic carbocycles. The summed E-state index contributed by atoms with van der Waals surface area (Å²) in [5.74, 6) is 1.55. The third-order valence-electron chi connectivity index (χ3n) is 3.11. The molecule has 5 nitrogen and oxygen atoms in total. The highest BCUT2D eigenvalue weighted by Gasteiger charge is 2.16. The Balaban J connectivity index is 2.01. The molecule has 0 aromatic heterocycles. The smallest absolute Gasteiger partial charge is 0.231 e. The zero-order chi connectivity index (χ0) is 13.0. The van der Waals surface area contributed by atoms with Gasteiger partial charge in [-0.1, -0.05) is 0 Å². The van der Waals surface area contributed by atoms with E-state index < -0.39 is 0 Å². The predicted octanol–water partition coefficient (Wildman–Crippen LogP) is 0.557. The molecule has 1 atom stereocenters. The predicted molar refractivity (Wildman–Crippen MR) is 66.7 cm³/mol. The Kier molecular flexibility index (Phi) is 4.41. The standard InChI is InChI=1S/C13H19NO4/c1-9-4-12-13(18-8-17-12)5-10(9)6-14-11(7-16)2-3-15/h4-5,11,14-16H,2-3,6-8H2,1H3. The summed E-state index contributed by atoms with van der Waals surface area (Å²) in [6, 6.07) is 3.83. The van der Waals surface area contributed by atoms with Gasteiger partial charge < -0.3 is 25.0 Å². The van der Waals surface area contributed by atoms with Crippen LogP contribution in [0.15, 0.2) is 12.1 Å². The van der Waals surface area contributed by atoms with Crippen molar-refractivity contribution in [2.45, 2.75) is 25.9 Å². The first-order valence-corrected chi connectivity index (χ1v) is 6.09. The molecule has 18 heavy (non-hydrogen) atoms. The third kappa shape index (κ3) is 2.93. The average molecular weight is 253 g/mol.